The van der Waals surface area contributed by atoms with E-state index in [9.17, 15) is 9.59 Å². The molecule has 3 rings (SSSR count). The predicted molar refractivity (Wildman–Crippen MR) is 93.3 cm³/mol. The van der Waals surface area contributed by atoms with Gasteiger partial charge in [-0.3, -0.25) is 9.59 Å². The number of aromatic nitrogens is 2. The molecule has 7 heteroatoms. The van der Waals surface area contributed by atoms with Crippen molar-refractivity contribution in [2.45, 2.75) is 0 Å². The molecule has 0 aliphatic carbocycles. The maximum Gasteiger partial charge on any atom is 0.255 e. The minimum absolute atomic E-state index is 0.266. The number of imidazole rings is 1. The molecule has 0 aliphatic rings. The maximum absolute atomic E-state index is 12.3. The smallest absolute Gasteiger partial charge is 0.255 e. The van der Waals surface area contributed by atoms with E-state index in [1.807, 2.05) is 31.1 Å². The Morgan fingerprint density at radius 2 is 1.75 bits per heavy atom. The first kappa shape index (κ1) is 15.5. The molecule has 2 amide bonds. The van der Waals surface area contributed by atoms with Gasteiger partial charge in [-0.25, -0.2) is 4.98 Å². The second-order valence-electron chi connectivity index (χ2n) is 5.58. The van der Waals surface area contributed by atoms with Gasteiger partial charge in [0.05, 0.1) is 11.0 Å². The molecule has 122 valence electrons. The molecule has 0 fully saturated rings. The monoisotopic (exact) mass is 323 g/mol. The topological polar surface area (TPSA) is 104 Å². The van der Waals surface area contributed by atoms with Crippen LogP contribution < -0.4 is 16.0 Å². The number of anilines is 2. The van der Waals surface area contributed by atoms with Gasteiger partial charge in [-0.1, -0.05) is 0 Å². The quantitative estimate of drug-likeness (QED) is 0.683. The van der Waals surface area contributed by atoms with Crippen molar-refractivity contribution in [1.82, 2.24) is 9.97 Å². The summed E-state index contributed by atoms with van der Waals surface area (Å²) >= 11 is 0. The summed E-state index contributed by atoms with van der Waals surface area (Å²) in [4.78, 5) is 32.8. The largest absolute Gasteiger partial charge is 0.366 e. The first-order valence-electron chi connectivity index (χ1n) is 7.32. The lowest BCUT2D eigenvalue weighted by atomic mass is 10.1. The van der Waals surface area contributed by atoms with Gasteiger partial charge >= 0.3 is 0 Å². The lowest BCUT2D eigenvalue weighted by Crippen LogP contribution is -2.14. The molecule has 0 bridgehead atoms. The van der Waals surface area contributed by atoms with Crippen LogP contribution in [0.15, 0.2) is 42.5 Å². The Labute approximate surface area is 138 Å². The SMILES string of the molecule is CN(C)c1nc2ccc(NC(=O)c3ccc(C(N)=O)cc3)cc2[nH]1. The molecule has 0 radical (unpaired) electrons. The normalized spacial score (nSPS) is 10.6. The van der Waals surface area contributed by atoms with Gasteiger partial charge < -0.3 is 20.9 Å². The third kappa shape index (κ3) is 3.05. The van der Waals surface area contributed by atoms with Crippen LogP contribution in [-0.2, 0) is 0 Å². The molecule has 0 unspecified atom stereocenters. The number of primary amides is 1. The third-order valence-corrected chi connectivity index (χ3v) is 3.58. The molecule has 0 spiro atoms. The van der Waals surface area contributed by atoms with E-state index in [1.54, 1.807) is 18.2 Å². The van der Waals surface area contributed by atoms with Gasteiger partial charge in [0.25, 0.3) is 5.91 Å². The summed E-state index contributed by atoms with van der Waals surface area (Å²) in [6.07, 6.45) is 0. The zero-order valence-corrected chi connectivity index (χ0v) is 13.3. The summed E-state index contributed by atoms with van der Waals surface area (Å²) in [6, 6.07) is 11.6. The van der Waals surface area contributed by atoms with Crippen molar-refractivity contribution in [1.29, 1.82) is 0 Å². The van der Waals surface area contributed by atoms with E-state index < -0.39 is 5.91 Å². The van der Waals surface area contributed by atoms with E-state index in [0.29, 0.717) is 16.8 Å². The van der Waals surface area contributed by atoms with Gasteiger partial charge in [-0.05, 0) is 42.5 Å². The molecular weight excluding hydrogens is 306 g/mol. The molecule has 3 aromatic rings. The van der Waals surface area contributed by atoms with Gasteiger partial charge in [0, 0.05) is 30.9 Å². The van der Waals surface area contributed by atoms with Crippen LogP contribution in [0.4, 0.5) is 11.6 Å². The van der Waals surface area contributed by atoms with Crippen molar-refractivity contribution in [3.63, 3.8) is 0 Å². The van der Waals surface area contributed by atoms with E-state index in [-0.39, 0.29) is 5.91 Å². The number of H-pyrrole nitrogens is 1. The minimum atomic E-state index is -0.525. The number of aromatic amines is 1. The van der Waals surface area contributed by atoms with Crippen LogP contribution in [0.25, 0.3) is 11.0 Å². The Morgan fingerprint density at radius 1 is 1.08 bits per heavy atom. The second kappa shape index (κ2) is 6.04. The number of rotatable bonds is 4. The molecule has 0 atom stereocenters. The number of benzene rings is 2. The highest BCUT2D eigenvalue weighted by Crippen LogP contribution is 2.20. The van der Waals surface area contributed by atoms with Gasteiger partial charge in [0.2, 0.25) is 11.9 Å². The Balaban J connectivity index is 1.80. The first-order chi connectivity index (χ1) is 11.4. The van der Waals surface area contributed by atoms with Crippen molar-refractivity contribution < 1.29 is 9.59 Å². The van der Waals surface area contributed by atoms with E-state index >= 15 is 0 Å². The number of hydrogen-bond acceptors (Lipinski definition) is 4. The number of amides is 2. The highest BCUT2D eigenvalue weighted by atomic mass is 16.2. The van der Waals surface area contributed by atoms with E-state index in [1.165, 1.54) is 12.1 Å². The van der Waals surface area contributed by atoms with Crippen LogP contribution in [0.3, 0.4) is 0 Å². The minimum Gasteiger partial charge on any atom is -0.366 e. The van der Waals surface area contributed by atoms with Crippen molar-refractivity contribution in [3.8, 4) is 0 Å². The lowest BCUT2D eigenvalue weighted by molar-refractivity contribution is 0.0995. The molecule has 2 aromatic carbocycles. The molecular formula is C17H17N5O2. The maximum atomic E-state index is 12.3. The lowest BCUT2D eigenvalue weighted by Gasteiger charge is -2.06. The Bertz CT molecular complexity index is 912. The summed E-state index contributed by atoms with van der Waals surface area (Å²) in [5.74, 6) is -0.0448. The Kier molecular flexibility index (Phi) is 3.91. The highest BCUT2D eigenvalue weighted by Gasteiger charge is 2.09. The number of nitrogens with zero attached hydrogens (tertiary/aromatic N) is 2. The van der Waals surface area contributed by atoms with Crippen molar-refractivity contribution in [3.05, 3.63) is 53.6 Å². The molecule has 0 saturated carbocycles. The van der Waals surface area contributed by atoms with Crippen LogP contribution in [0, 0.1) is 0 Å². The van der Waals surface area contributed by atoms with Gasteiger partial charge in [0.15, 0.2) is 0 Å². The number of fused-ring (bicyclic) bond motifs is 1. The van der Waals surface area contributed by atoms with Gasteiger partial charge in [-0.15, -0.1) is 0 Å². The van der Waals surface area contributed by atoms with Crippen molar-refractivity contribution in [2.24, 2.45) is 5.73 Å². The summed E-state index contributed by atoms with van der Waals surface area (Å²) in [7, 11) is 3.80. The van der Waals surface area contributed by atoms with Gasteiger partial charge in [0.1, 0.15) is 0 Å². The van der Waals surface area contributed by atoms with E-state index in [4.69, 9.17) is 5.73 Å². The average molecular weight is 323 g/mol. The van der Waals surface area contributed by atoms with Crippen LogP contribution in [0.5, 0.6) is 0 Å². The third-order valence-electron chi connectivity index (χ3n) is 3.58. The van der Waals surface area contributed by atoms with Crippen LogP contribution in [-0.4, -0.2) is 35.9 Å². The standard InChI is InChI=1S/C17H17N5O2/c1-22(2)17-20-13-8-7-12(9-14(13)21-17)19-16(24)11-5-3-10(4-6-11)15(18)23/h3-9H,1-2H3,(H2,18,23)(H,19,24)(H,20,21). The molecule has 1 heterocycles. The molecule has 4 N–H and O–H groups in total. The Hall–Kier alpha value is -3.35. The molecule has 7 nitrogen and oxygen atoms in total. The molecule has 0 saturated heterocycles. The Morgan fingerprint density at radius 3 is 2.38 bits per heavy atom. The number of hydrogen-bond donors (Lipinski definition) is 3. The molecule has 0 aliphatic heterocycles. The van der Waals surface area contributed by atoms with Crippen LogP contribution >= 0.6 is 0 Å². The fraction of sp³-hybridized carbons (Fsp3) is 0.118. The predicted octanol–water partition coefficient (Wildman–Crippen LogP) is 1.98. The van der Waals surface area contributed by atoms with Gasteiger partial charge in [-0.2, -0.15) is 0 Å². The highest BCUT2D eigenvalue weighted by molar-refractivity contribution is 6.05. The van der Waals surface area contributed by atoms with Crippen LogP contribution in [0.1, 0.15) is 20.7 Å². The van der Waals surface area contributed by atoms with Crippen molar-refractivity contribution >= 4 is 34.5 Å². The summed E-state index contributed by atoms with van der Waals surface area (Å²) in [6.45, 7) is 0. The fourth-order valence-corrected chi connectivity index (χ4v) is 2.27. The average Bonchev–Trinajstić information content (AvgIpc) is 2.98. The number of carbonyl (C=O) groups excluding carboxylic acids is 2. The van der Waals surface area contributed by atoms with E-state index in [2.05, 4.69) is 15.3 Å². The number of nitrogens with two attached hydrogens (primary N) is 1. The summed E-state index contributed by atoms with van der Waals surface area (Å²) in [5.41, 5.74) is 8.30. The second-order valence-corrected chi connectivity index (χ2v) is 5.58. The zero-order chi connectivity index (χ0) is 17.3. The van der Waals surface area contributed by atoms with Crippen LogP contribution in [0.2, 0.25) is 0 Å². The fourth-order valence-electron chi connectivity index (χ4n) is 2.27. The van der Waals surface area contributed by atoms with Crippen molar-refractivity contribution in [2.75, 3.05) is 24.3 Å². The number of nitrogens with one attached hydrogen (secondary N) is 2. The molecule has 1 aromatic heterocycles. The molecule has 24 heavy (non-hydrogen) atoms. The zero-order valence-electron chi connectivity index (χ0n) is 13.3. The van der Waals surface area contributed by atoms with E-state index in [0.717, 1.165) is 17.0 Å². The summed E-state index contributed by atoms with van der Waals surface area (Å²) < 4.78 is 0. The first-order valence-corrected chi connectivity index (χ1v) is 7.32. The number of carbonyl (C=O) groups is 2. The summed E-state index contributed by atoms with van der Waals surface area (Å²) in [5, 5.41) is 2.82.